The molecule has 0 aliphatic heterocycles. The number of likely N-dealkylation sites (N-methyl/N-ethyl adjacent to an activating group) is 1. The third kappa shape index (κ3) is 3.88. The van der Waals surface area contributed by atoms with Crippen LogP contribution in [0.4, 0.5) is 4.39 Å². The first-order chi connectivity index (χ1) is 7.13. The van der Waals surface area contributed by atoms with E-state index in [1.54, 1.807) is 12.1 Å². The molecule has 0 heterocycles. The quantitative estimate of drug-likeness (QED) is 0.808. The molecule has 1 aromatic rings. The van der Waals surface area contributed by atoms with Gasteiger partial charge < -0.3 is 10.1 Å². The van der Waals surface area contributed by atoms with Crippen LogP contribution in [0.5, 0.6) is 5.75 Å². The fourth-order valence-corrected chi connectivity index (χ4v) is 1.31. The molecule has 1 aromatic carbocycles. The van der Waals surface area contributed by atoms with E-state index in [1.807, 2.05) is 20.8 Å². The maximum atomic E-state index is 13.3. The summed E-state index contributed by atoms with van der Waals surface area (Å²) in [5, 5.41) is 3.15. The van der Waals surface area contributed by atoms with Crippen molar-refractivity contribution in [1.29, 1.82) is 0 Å². The van der Waals surface area contributed by atoms with Gasteiger partial charge in [0.1, 0.15) is 6.10 Å². The lowest BCUT2D eigenvalue weighted by atomic mass is 10.2. The zero-order chi connectivity index (χ0) is 11.3. The second-order valence-electron chi connectivity index (χ2n) is 3.67. The Morgan fingerprint density at radius 2 is 2.20 bits per heavy atom. The number of hydrogen-bond donors (Lipinski definition) is 1. The highest BCUT2D eigenvalue weighted by molar-refractivity contribution is 5.29. The first kappa shape index (κ1) is 12.0. The summed E-state index contributed by atoms with van der Waals surface area (Å²) in [4.78, 5) is 0. The third-order valence-corrected chi connectivity index (χ3v) is 2.10. The molecule has 0 aromatic heterocycles. The van der Waals surface area contributed by atoms with E-state index >= 15 is 0 Å². The van der Waals surface area contributed by atoms with E-state index in [-0.39, 0.29) is 11.9 Å². The van der Waals surface area contributed by atoms with E-state index < -0.39 is 0 Å². The molecule has 0 bridgehead atoms. The van der Waals surface area contributed by atoms with Crippen molar-refractivity contribution in [3.8, 4) is 5.75 Å². The van der Waals surface area contributed by atoms with Gasteiger partial charge in [-0.25, -0.2) is 4.39 Å². The topological polar surface area (TPSA) is 21.3 Å². The second-order valence-corrected chi connectivity index (χ2v) is 3.67. The summed E-state index contributed by atoms with van der Waals surface area (Å²) < 4.78 is 18.8. The van der Waals surface area contributed by atoms with Crippen molar-refractivity contribution in [3.05, 3.63) is 29.6 Å². The minimum Gasteiger partial charge on any atom is -0.486 e. The average Bonchev–Trinajstić information content (AvgIpc) is 2.20. The predicted octanol–water partition coefficient (Wildman–Crippen LogP) is 2.51. The van der Waals surface area contributed by atoms with Crippen LogP contribution in [-0.4, -0.2) is 19.2 Å². The van der Waals surface area contributed by atoms with Gasteiger partial charge in [0.25, 0.3) is 0 Å². The van der Waals surface area contributed by atoms with Crippen molar-refractivity contribution in [2.24, 2.45) is 0 Å². The number of aryl methyl sites for hydroxylation is 1. The van der Waals surface area contributed by atoms with E-state index in [1.165, 1.54) is 6.07 Å². The monoisotopic (exact) mass is 211 g/mol. The molecule has 1 N–H and O–H groups in total. The Morgan fingerprint density at radius 1 is 1.47 bits per heavy atom. The zero-order valence-corrected chi connectivity index (χ0v) is 9.51. The second kappa shape index (κ2) is 5.71. The highest BCUT2D eigenvalue weighted by Crippen LogP contribution is 2.19. The van der Waals surface area contributed by atoms with Gasteiger partial charge in [0.05, 0.1) is 0 Å². The molecule has 0 saturated heterocycles. The average molecular weight is 211 g/mol. The third-order valence-electron chi connectivity index (χ3n) is 2.10. The summed E-state index contributed by atoms with van der Waals surface area (Å²) in [5.41, 5.74) is 1.00. The molecule has 84 valence electrons. The number of nitrogens with one attached hydrogen (secondary N) is 1. The fourth-order valence-electron chi connectivity index (χ4n) is 1.31. The Balaban J connectivity index is 2.59. The number of ether oxygens (including phenoxy) is 1. The van der Waals surface area contributed by atoms with Crippen LogP contribution in [0.25, 0.3) is 0 Å². The van der Waals surface area contributed by atoms with Crippen molar-refractivity contribution in [3.63, 3.8) is 0 Å². The Morgan fingerprint density at radius 3 is 2.87 bits per heavy atom. The summed E-state index contributed by atoms with van der Waals surface area (Å²) in [6, 6.07) is 4.89. The molecule has 0 radical (unpaired) electrons. The van der Waals surface area contributed by atoms with Gasteiger partial charge in [0, 0.05) is 6.54 Å². The first-order valence-electron chi connectivity index (χ1n) is 5.27. The smallest absolute Gasteiger partial charge is 0.165 e. The zero-order valence-electron chi connectivity index (χ0n) is 9.51. The molecule has 0 fully saturated rings. The molecule has 0 aliphatic rings. The van der Waals surface area contributed by atoms with Crippen molar-refractivity contribution >= 4 is 0 Å². The van der Waals surface area contributed by atoms with Gasteiger partial charge in [-0.2, -0.15) is 0 Å². The lowest BCUT2D eigenvalue weighted by Crippen LogP contribution is -2.28. The first-order valence-corrected chi connectivity index (χ1v) is 5.27. The minimum atomic E-state index is -0.302. The summed E-state index contributed by atoms with van der Waals surface area (Å²) in [6.07, 6.45) is -0.0266. The molecule has 0 spiro atoms. The standard InChI is InChI=1S/C12H18FNO/c1-4-14-8-10(3)15-12-7-9(2)5-6-11(12)13/h5-7,10,14H,4,8H2,1-3H3/t10-/m1/s1. The highest BCUT2D eigenvalue weighted by Gasteiger charge is 2.07. The van der Waals surface area contributed by atoms with E-state index in [0.29, 0.717) is 5.75 Å². The van der Waals surface area contributed by atoms with Gasteiger partial charge in [-0.15, -0.1) is 0 Å². The van der Waals surface area contributed by atoms with Crippen LogP contribution in [0.3, 0.4) is 0 Å². The lowest BCUT2D eigenvalue weighted by molar-refractivity contribution is 0.208. The predicted molar refractivity (Wildman–Crippen MR) is 59.8 cm³/mol. The van der Waals surface area contributed by atoms with Crippen LogP contribution >= 0.6 is 0 Å². The molecule has 0 unspecified atom stereocenters. The molecule has 0 saturated carbocycles. The SMILES string of the molecule is CCNC[C@@H](C)Oc1cc(C)ccc1F. The van der Waals surface area contributed by atoms with E-state index in [9.17, 15) is 4.39 Å². The van der Waals surface area contributed by atoms with Crippen LogP contribution in [-0.2, 0) is 0 Å². The summed E-state index contributed by atoms with van der Waals surface area (Å²) in [5.74, 6) is 0.0318. The van der Waals surface area contributed by atoms with Gasteiger partial charge in [0.15, 0.2) is 11.6 Å². The number of rotatable bonds is 5. The molecule has 2 nitrogen and oxygen atoms in total. The van der Waals surface area contributed by atoms with Crippen LogP contribution in [0.15, 0.2) is 18.2 Å². The molecular weight excluding hydrogens is 193 g/mol. The summed E-state index contributed by atoms with van der Waals surface area (Å²) >= 11 is 0. The fraction of sp³-hybridized carbons (Fsp3) is 0.500. The summed E-state index contributed by atoms with van der Waals surface area (Å²) in [6.45, 7) is 7.49. The van der Waals surface area contributed by atoms with Crippen molar-refractivity contribution in [2.75, 3.05) is 13.1 Å². The van der Waals surface area contributed by atoms with E-state index in [2.05, 4.69) is 5.32 Å². The molecule has 1 atom stereocenters. The molecule has 3 heteroatoms. The minimum absolute atomic E-state index is 0.0266. The van der Waals surface area contributed by atoms with Crippen molar-refractivity contribution in [2.45, 2.75) is 26.9 Å². The number of hydrogen-bond acceptors (Lipinski definition) is 2. The lowest BCUT2D eigenvalue weighted by Gasteiger charge is -2.15. The van der Waals surface area contributed by atoms with Crippen molar-refractivity contribution < 1.29 is 9.13 Å². The van der Waals surface area contributed by atoms with E-state index in [0.717, 1.165) is 18.7 Å². The molecule has 0 aliphatic carbocycles. The number of benzene rings is 1. The van der Waals surface area contributed by atoms with Gasteiger partial charge in [-0.05, 0) is 38.1 Å². The molecule has 1 rings (SSSR count). The summed E-state index contributed by atoms with van der Waals surface area (Å²) in [7, 11) is 0. The van der Waals surface area contributed by atoms with Gasteiger partial charge in [-0.1, -0.05) is 13.0 Å². The van der Waals surface area contributed by atoms with Gasteiger partial charge in [-0.3, -0.25) is 0 Å². The maximum absolute atomic E-state index is 13.3. The van der Waals surface area contributed by atoms with E-state index in [4.69, 9.17) is 4.74 Å². The van der Waals surface area contributed by atoms with Crippen LogP contribution < -0.4 is 10.1 Å². The Bertz CT molecular complexity index is 314. The highest BCUT2D eigenvalue weighted by atomic mass is 19.1. The van der Waals surface area contributed by atoms with Crippen LogP contribution in [0, 0.1) is 12.7 Å². The molecule has 0 amide bonds. The van der Waals surface area contributed by atoms with Gasteiger partial charge in [0.2, 0.25) is 0 Å². The molecular formula is C12H18FNO. The Kier molecular flexibility index (Phi) is 4.56. The van der Waals surface area contributed by atoms with Gasteiger partial charge >= 0.3 is 0 Å². The number of halogens is 1. The Hall–Kier alpha value is -1.09. The van der Waals surface area contributed by atoms with Crippen molar-refractivity contribution in [1.82, 2.24) is 5.32 Å². The maximum Gasteiger partial charge on any atom is 0.165 e. The Labute approximate surface area is 90.4 Å². The van der Waals surface area contributed by atoms with Crippen LogP contribution in [0.1, 0.15) is 19.4 Å². The largest absolute Gasteiger partial charge is 0.486 e. The molecule has 15 heavy (non-hydrogen) atoms. The normalized spacial score (nSPS) is 12.5. The van der Waals surface area contributed by atoms with Crippen LogP contribution in [0.2, 0.25) is 0 Å².